The van der Waals surface area contributed by atoms with Crippen LogP contribution in [0, 0.1) is 0 Å². The van der Waals surface area contributed by atoms with Gasteiger partial charge in [0.1, 0.15) is 0 Å². The smallest absolute Gasteiger partial charge is 0.0918 e. The van der Waals surface area contributed by atoms with Gasteiger partial charge in [-0.1, -0.05) is 46.6 Å². The van der Waals surface area contributed by atoms with Crippen molar-refractivity contribution >= 4 is 11.8 Å². The third-order valence-electron chi connectivity index (χ3n) is 3.12. The Hall–Kier alpha value is -0.310. The first kappa shape index (κ1) is 13.8. The molecule has 3 unspecified atom stereocenters. The van der Waals surface area contributed by atoms with Crippen LogP contribution in [0.5, 0.6) is 0 Å². The second-order valence-corrected chi connectivity index (χ2v) is 5.54. The van der Waals surface area contributed by atoms with E-state index in [4.69, 9.17) is 0 Å². The Bertz CT molecular complexity index is 218. The molecule has 2 saturated heterocycles. The van der Waals surface area contributed by atoms with Crippen LogP contribution in [0.3, 0.4) is 0 Å². The van der Waals surface area contributed by atoms with E-state index in [9.17, 15) is 0 Å². The van der Waals surface area contributed by atoms with E-state index in [1.807, 2.05) is 13.8 Å². The van der Waals surface area contributed by atoms with Crippen molar-refractivity contribution in [3.05, 3.63) is 12.4 Å². The van der Waals surface area contributed by atoms with Gasteiger partial charge in [-0.05, 0) is 6.42 Å². The van der Waals surface area contributed by atoms with Crippen molar-refractivity contribution in [3.63, 3.8) is 0 Å². The monoisotopic (exact) mass is 242 g/mol. The van der Waals surface area contributed by atoms with Gasteiger partial charge >= 0.3 is 0 Å². The summed E-state index contributed by atoms with van der Waals surface area (Å²) in [4.78, 5) is 0. The number of fused-ring (bicyclic) bond motifs is 1. The van der Waals surface area contributed by atoms with Crippen LogP contribution in [0.1, 0.15) is 46.5 Å². The van der Waals surface area contributed by atoms with Gasteiger partial charge in [-0.2, -0.15) is 11.8 Å². The summed E-state index contributed by atoms with van der Waals surface area (Å²) < 4.78 is 0. The second-order valence-electron chi connectivity index (χ2n) is 4.27. The first-order valence-electron chi connectivity index (χ1n) is 6.65. The van der Waals surface area contributed by atoms with Crippen molar-refractivity contribution in [1.29, 1.82) is 0 Å². The van der Waals surface area contributed by atoms with Crippen LogP contribution in [0.2, 0.25) is 0 Å². The van der Waals surface area contributed by atoms with E-state index in [0.29, 0.717) is 12.1 Å². The first-order chi connectivity index (χ1) is 7.81. The summed E-state index contributed by atoms with van der Waals surface area (Å²) in [6, 6.07) is 1.28. The van der Waals surface area contributed by atoms with E-state index in [-0.39, 0.29) is 0 Å². The Morgan fingerprint density at radius 2 is 2.06 bits per heavy atom. The third kappa shape index (κ3) is 3.34. The van der Waals surface area contributed by atoms with E-state index in [0.717, 1.165) is 11.1 Å². The lowest BCUT2D eigenvalue weighted by atomic mass is 10.0. The first-order valence-corrected chi connectivity index (χ1v) is 7.69. The SMILES string of the molecule is C=C1NC2CSC(CCCCC)C2N1.CC. The Balaban J connectivity index is 0.000000606. The summed E-state index contributed by atoms with van der Waals surface area (Å²) in [6.07, 6.45) is 5.44. The van der Waals surface area contributed by atoms with Gasteiger partial charge in [0.2, 0.25) is 0 Å². The van der Waals surface area contributed by atoms with E-state index in [1.54, 1.807) is 0 Å². The van der Waals surface area contributed by atoms with E-state index < -0.39 is 0 Å². The van der Waals surface area contributed by atoms with E-state index >= 15 is 0 Å². The van der Waals surface area contributed by atoms with Crippen molar-refractivity contribution in [2.75, 3.05) is 5.75 Å². The highest BCUT2D eigenvalue weighted by molar-refractivity contribution is 8.00. The second kappa shape index (κ2) is 7.10. The highest BCUT2D eigenvalue weighted by Crippen LogP contribution is 2.34. The molecule has 16 heavy (non-hydrogen) atoms. The minimum absolute atomic E-state index is 0.638. The quantitative estimate of drug-likeness (QED) is 0.741. The number of nitrogens with one attached hydrogen (secondary N) is 2. The maximum atomic E-state index is 3.94. The number of rotatable bonds is 4. The summed E-state index contributed by atoms with van der Waals surface area (Å²) >= 11 is 2.12. The molecule has 0 bridgehead atoms. The van der Waals surface area contributed by atoms with Crippen LogP contribution in [-0.4, -0.2) is 23.1 Å². The summed E-state index contributed by atoms with van der Waals surface area (Å²) in [5.74, 6) is 2.27. The molecule has 0 aromatic heterocycles. The largest absolute Gasteiger partial charge is 0.367 e. The van der Waals surface area contributed by atoms with Crippen LogP contribution < -0.4 is 10.6 Å². The van der Waals surface area contributed by atoms with Gasteiger partial charge in [0, 0.05) is 11.0 Å². The van der Waals surface area contributed by atoms with Gasteiger partial charge in [0.25, 0.3) is 0 Å². The molecule has 0 amide bonds. The van der Waals surface area contributed by atoms with Crippen LogP contribution in [0.25, 0.3) is 0 Å². The minimum atomic E-state index is 0.638. The van der Waals surface area contributed by atoms with Crippen LogP contribution in [0.4, 0.5) is 0 Å². The number of unbranched alkanes of at least 4 members (excludes halogenated alkanes) is 2. The van der Waals surface area contributed by atoms with Crippen molar-refractivity contribution in [3.8, 4) is 0 Å². The lowest BCUT2D eigenvalue weighted by molar-refractivity contribution is 0.514. The molecule has 0 aromatic carbocycles. The maximum Gasteiger partial charge on any atom is 0.0918 e. The van der Waals surface area contributed by atoms with Gasteiger partial charge in [0.15, 0.2) is 0 Å². The molecule has 2 heterocycles. The Labute approximate surface area is 105 Å². The zero-order valence-electron chi connectivity index (χ0n) is 10.9. The molecule has 0 spiro atoms. The van der Waals surface area contributed by atoms with Crippen LogP contribution >= 0.6 is 11.8 Å². The predicted octanol–water partition coefficient (Wildman–Crippen LogP) is 3.11. The minimum Gasteiger partial charge on any atom is -0.367 e. The summed E-state index contributed by atoms with van der Waals surface area (Å²) in [5, 5.41) is 7.68. The van der Waals surface area contributed by atoms with Gasteiger partial charge < -0.3 is 10.6 Å². The highest BCUT2D eigenvalue weighted by Gasteiger charge is 2.40. The normalized spacial score (nSPS) is 31.2. The summed E-state index contributed by atoms with van der Waals surface area (Å²) in [5.41, 5.74) is 0. The molecule has 3 heteroatoms. The molecule has 2 fully saturated rings. The van der Waals surface area contributed by atoms with Crippen molar-refractivity contribution < 1.29 is 0 Å². The molecule has 3 atom stereocenters. The Morgan fingerprint density at radius 1 is 1.31 bits per heavy atom. The fourth-order valence-electron chi connectivity index (χ4n) is 2.34. The summed E-state index contributed by atoms with van der Waals surface area (Å²) in [6.45, 7) is 10.2. The van der Waals surface area contributed by atoms with Crippen LogP contribution in [-0.2, 0) is 0 Å². The van der Waals surface area contributed by atoms with Crippen molar-refractivity contribution in [2.45, 2.75) is 63.8 Å². The summed E-state index contributed by atoms with van der Waals surface area (Å²) in [7, 11) is 0. The van der Waals surface area contributed by atoms with E-state index in [1.165, 1.54) is 31.4 Å². The molecule has 2 aliphatic heterocycles. The molecule has 0 aromatic rings. The van der Waals surface area contributed by atoms with Gasteiger partial charge in [-0.25, -0.2) is 0 Å². The zero-order valence-corrected chi connectivity index (χ0v) is 11.7. The average Bonchev–Trinajstić information content (AvgIpc) is 2.82. The molecule has 2 aliphatic rings. The Morgan fingerprint density at radius 3 is 2.75 bits per heavy atom. The van der Waals surface area contributed by atoms with Gasteiger partial charge in [-0.15, -0.1) is 0 Å². The van der Waals surface area contributed by atoms with E-state index in [2.05, 4.69) is 35.9 Å². The molecule has 2 nitrogen and oxygen atoms in total. The average molecular weight is 242 g/mol. The standard InChI is InChI=1S/C11H20N2S.C2H6/c1-3-4-5-6-10-11-9(7-14-10)12-8(2)13-11;1-2/h9-13H,2-7H2,1H3;1-2H3. The third-order valence-corrected chi connectivity index (χ3v) is 4.63. The molecule has 0 aliphatic carbocycles. The molecule has 0 radical (unpaired) electrons. The van der Waals surface area contributed by atoms with Crippen molar-refractivity contribution in [1.82, 2.24) is 10.6 Å². The highest BCUT2D eigenvalue weighted by atomic mass is 32.2. The molecule has 2 N–H and O–H groups in total. The number of thioether (sulfide) groups is 1. The topological polar surface area (TPSA) is 24.1 Å². The lowest BCUT2D eigenvalue weighted by Crippen LogP contribution is -2.36. The number of hydrogen-bond acceptors (Lipinski definition) is 3. The molecular weight excluding hydrogens is 216 g/mol. The molecular formula is C13H26N2S. The molecule has 2 rings (SSSR count). The maximum absolute atomic E-state index is 3.94. The fourth-order valence-corrected chi connectivity index (χ4v) is 3.89. The Kier molecular flexibility index (Phi) is 6.10. The zero-order chi connectivity index (χ0) is 12.0. The van der Waals surface area contributed by atoms with Gasteiger partial charge in [-0.3, -0.25) is 0 Å². The predicted molar refractivity (Wildman–Crippen MR) is 74.7 cm³/mol. The van der Waals surface area contributed by atoms with Crippen molar-refractivity contribution in [2.24, 2.45) is 0 Å². The molecule has 0 saturated carbocycles. The molecule has 94 valence electrons. The lowest BCUT2D eigenvalue weighted by Gasteiger charge is -2.16. The fraction of sp³-hybridized carbons (Fsp3) is 0.846. The number of hydrogen-bond donors (Lipinski definition) is 2. The van der Waals surface area contributed by atoms with Gasteiger partial charge in [0.05, 0.1) is 17.9 Å². The van der Waals surface area contributed by atoms with Crippen LogP contribution in [0.15, 0.2) is 12.4 Å².